The van der Waals surface area contributed by atoms with E-state index < -0.39 is 27.3 Å². The SMILES string of the molecule is Cc1ccc(C(Cc2ccccc2)(NS(=O)(=O)c2ccc(N3CCCCC3)nc2)c2cccc(C(F)(F)F)c2)nc1. The van der Waals surface area contributed by atoms with E-state index in [1.54, 1.807) is 48.7 Å². The molecule has 0 amide bonds. The van der Waals surface area contributed by atoms with Crippen LogP contribution in [-0.4, -0.2) is 31.5 Å². The molecule has 0 radical (unpaired) electrons. The molecule has 2 aromatic carbocycles. The lowest BCUT2D eigenvalue weighted by Gasteiger charge is -2.35. The van der Waals surface area contributed by atoms with Crippen LogP contribution in [-0.2, 0) is 28.2 Å². The largest absolute Gasteiger partial charge is 0.416 e. The Hall–Kier alpha value is -3.76. The van der Waals surface area contributed by atoms with Crippen LogP contribution in [0.15, 0.2) is 96.2 Å². The molecule has 41 heavy (non-hydrogen) atoms. The molecule has 214 valence electrons. The summed E-state index contributed by atoms with van der Waals surface area (Å²) in [5.41, 5.74) is -0.617. The highest BCUT2D eigenvalue weighted by molar-refractivity contribution is 7.89. The first kappa shape index (κ1) is 28.8. The fourth-order valence-electron chi connectivity index (χ4n) is 5.20. The zero-order valence-corrected chi connectivity index (χ0v) is 23.4. The second kappa shape index (κ2) is 11.6. The number of piperidine rings is 1. The molecule has 1 aliphatic rings. The van der Waals surface area contributed by atoms with Gasteiger partial charge < -0.3 is 4.90 Å². The summed E-state index contributed by atoms with van der Waals surface area (Å²) in [5, 5.41) is 0. The van der Waals surface area contributed by atoms with Crippen LogP contribution in [0.25, 0.3) is 0 Å². The van der Waals surface area contributed by atoms with Gasteiger partial charge in [-0.05, 0) is 73.2 Å². The summed E-state index contributed by atoms with van der Waals surface area (Å²) in [6.45, 7) is 3.54. The van der Waals surface area contributed by atoms with Gasteiger partial charge >= 0.3 is 6.18 Å². The molecule has 1 fully saturated rings. The Morgan fingerprint density at radius 3 is 2.20 bits per heavy atom. The number of nitrogens with zero attached hydrogens (tertiary/aromatic N) is 3. The van der Waals surface area contributed by atoms with E-state index in [0.29, 0.717) is 11.4 Å². The van der Waals surface area contributed by atoms with Crippen LogP contribution in [0, 0.1) is 6.92 Å². The summed E-state index contributed by atoms with van der Waals surface area (Å²) in [7, 11) is -4.29. The van der Waals surface area contributed by atoms with Crippen molar-refractivity contribution in [2.75, 3.05) is 18.0 Å². The van der Waals surface area contributed by atoms with Crippen molar-refractivity contribution in [2.45, 2.75) is 49.2 Å². The molecule has 1 atom stereocenters. The van der Waals surface area contributed by atoms with Crippen molar-refractivity contribution in [2.24, 2.45) is 0 Å². The Bertz CT molecular complexity index is 1570. The van der Waals surface area contributed by atoms with Crippen molar-refractivity contribution < 1.29 is 21.6 Å². The monoisotopic (exact) mass is 580 g/mol. The quantitative estimate of drug-likeness (QED) is 0.266. The van der Waals surface area contributed by atoms with Crippen LogP contribution in [0.3, 0.4) is 0 Å². The van der Waals surface area contributed by atoms with Crippen molar-refractivity contribution in [3.63, 3.8) is 0 Å². The first-order valence-corrected chi connectivity index (χ1v) is 14.9. The maximum atomic E-state index is 14.0. The third-order valence-electron chi connectivity index (χ3n) is 7.36. The lowest BCUT2D eigenvalue weighted by molar-refractivity contribution is -0.137. The van der Waals surface area contributed by atoms with Crippen molar-refractivity contribution >= 4 is 15.8 Å². The molecule has 1 aliphatic heterocycles. The third-order valence-corrected chi connectivity index (χ3v) is 8.84. The average molecular weight is 581 g/mol. The van der Waals surface area contributed by atoms with Crippen LogP contribution < -0.4 is 9.62 Å². The zero-order valence-electron chi connectivity index (χ0n) is 22.6. The van der Waals surface area contributed by atoms with Gasteiger partial charge in [-0.3, -0.25) is 4.98 Å². The maximum absolute atomic E-state index is 14.0. The molecule has 0 spiro atoms. The van der Waals surface area contributed by atoms with E-state index >= 15 is 0 Å². The number of alkyl halides is 3. The van der Waals surface area contributed by atoms with E-state index in [-0.39, 0.29) is 22.6 Å². The number of rotatable bonds is 8. The number of aryl methyl sites for hydroxylation is 1. The fraction of sp³-hybridized carbons (Fsp3) is 0.290. The van der Waals surface area contributed by atoms with Crippen molar-refractivity contribution in [1.82, 2.24) is 14.7 Å². The van der Waals surface area contributed by atoms with E-state index in [9.17, 15) is 21.6 Å². The van der Waals surface area contributed by atoms with Gasteiger partial charge in [-0.25, -0.2) is 13.4 Å². The zero-order chi connectivity index (χ0) is 29.1. The molecule has 0 bridgehead atoms. The highest BCUT2D eigenvalue weighted by atomic mass is 32.2. The van der Waals surface area contributed by atoms with Gasteiger partial charge in [0.05, 0.1) is 11.3 Å². The Labute approximate surface area is 238 Å². The summed E-state index contributed by atoms with van der Waals surface area (Å²) < 4.78 is 72.4. The first-order valence-electron chi connectivity index (χ1n) is 13.5. The number of sulfonamides is 1. The van der Waals surface area contributed by atoms with Crippen molar-refractivity contribution in [3.8, 4) is 0 Å². The number of hydrogen-bond acceptors (Lipinski definition) is 5. The molecule has 0 saturated carbocycles. The Kier molecular flexibility index (Phi) is 8.15. The smallest absolute Gasteiger partial charge is 0.357 e. The summed E-state index contributed by atoms with van der Waals surface area (Å²) in [6.07, 6.45) is 1.52. The predicted octanol–water partition coefficient (Wildman–Crippen LogP) is 6.26. The van der Waals surface area contributed by atoms with Gasteiger partial charge in [0.1, 0.15) is 16.3 Å². The van der Waals surface area contributed by atoms with Gasteiger partial charge in [0.2, 0.25) is 10.0 Å². The molecular formula is C31H31F3N4O2S. The van der Waals surface area contributed by atoms with Crippen LogP contribution in [0.1, 0.15) is 47.2 Å². The van der Waals surface area contributed by atoms with Crippen LogP contribution in [0.5, 0.6) is 0 Å². The fourth-order valence-corrected chi connectivity index (χ4v) is 6.51. The van der Waals surface area contributed by atoms with E-state index in [4.69, 9.17) is 0 Å². The van der Waals surface area contributed by atoms with Crippen LogP contribution >= 0.6 is 0 Å². The number of anilines is 1. The Balaban J connectivity index is 1.64. The minimum absolute atomic E-state index is 0.0176. The number of benzene rings is 2. The third kappa shape index (κ3) is 6.44. The van der Waals surface area contributed by atoms with E-state index in [1.807, 2.05) is 13.0 Å². The molecule has 5 rings (SSSR count). The van der Waals surface area contributed by atoms with Gasteiger partial charge in [-0.2, -0.15) is 17.9 Å². The molecule has 10 heteroatoms. The number of halogens is 3. The summed E-state index contributed by atoms with van der Waals surface area (Å²) in [4.78, 5) is 11.0. The Morgan fingerprint density at radius 2 is 1.56 bits per heavy atom. The molecular weight excluding hydrogens is 549 g/mol. The number of hydrogen-bond donors (Lipinski definition) is 1. The maximum Gasteiger partial charge on any atom is 0.416 e. The number of pyridine rings is 2. The van der Waals surface area contributed by atoms with Gasteiger partial charge in [0.25, 0.3) is 0 Å². The summed E-state index contributed by atoms with van der Waals surface area (Å²) in [5.74, 6) is 0.692. The predicted molar refractivity (Wildman–Crippen MR) is 152 cm³/mol. The lowest BCUT2D eigenvalue weighted by atomic mass is 9.81. The molecule has 6 nitrogen and oxygen atoms in total. The van der Waals surface area contributed by atoms with Gasteiger partial charge in [-0.1, -0.05) is 48.5 Å². The standard InChI is InChI=1S/C31H31F3N4O2S/c1-23-13-15-28(35-21-23)30(20-24-9-4-2-5-10-24,25-11-8-12-26(19-25)31(32,33)34)37-41(39,40)27-14-16-29(36-22-27)38-17-6-3-7-18-38/h2,4-5,8-16,19,21-22,37H,3,6-7,17-18,20H2,1H3. The average Bonchev–Trinajstić information content (AvgIpc) is 2.98. The number of nitrogens with one attached hydrogen (secondary N) is 1. The van der Waals surface area contributed by atoms with E-state index in [2.05, 4.69) is 19.6 Å². The van der Waals surface area contributed by atoms with Crippen LogP contribution in [0.4, 0.5) is 19.0 Å². The van der Waals surface area contributed by atoms with E-state index in [0.717, 1.165) is 50.0 Å². The van der Waals surface area contributed by atoms with Gasteiger partial charge in [-0.15, -0.1) is 0 Å². The molecule has 0 aliphatic carbocycles. The Morgan fingerprint density at radius 1 is 0.829 bits per heavy atom. The number of aromatic nitrogens is 2. The minimum atomic E-state index is -4.62. The summed E-state index contributed by atoms with van der Waals surface area (Å²) in [6, 6.07) is 20.3. The first-order chi connectivity index (χ1) is 19.6. The highest BCUT2D eigenvalue weighted by Gasteiger charge is 2.42. The van der Waals surface area contributed by atoms with Crippen molar-refractivity contribution in [1.29, 1.82) is 0 Å². The van der Waals surface area contributed by atoms with E-state index in [1.165, 1.54) is 24.4 Å². The highest BCUT2D eigenvalue weighted by Crippen LogP contribution is 2.38. The second-order valence-electron chi connectivity index (χ2n) is 10.4. The molecule has 2 aromatic heterocycles. The van der Waals surface area contributed by atoms with Gasteiger partial charge in [0.15, 0.2) is 0 Å². The molecule has 4 aromatic rings. The molecule has 3 heterocycles. The van der Waals surface area contributed by atoms with Crippen molar-refractivity contribution in [3.05, 3.63) is 119 Å². The lowest BCUT2D eigenvalue weighted by Crippen LogP contribution is -2.49. The molecule has 1 unspecified atom stereocenters. The molecule has 1 saturated heterocycles. The molecule has 1 N–H and O–H groups in total. The normalized spacial score (nSPS) is 15.9. The summed E-state index contributed by atoms with van der Waals surface area (Å²) >= 11 is 0. The topological polar surface area (TPSA) is 75.2 Å². The second-order valence-corrected chi connectivity index (χ2v) is 12.1. The minimum Gasteiger partial charge on any atom is -0.357 e. The van der Waals surface area contributed by atoms with Crippen LogP contribution in [0.2, 0.25) is 0 Å². The van der Waals surface area contributed by atoms with Gasteiger partial charge in [0, 0.05) is 31.9 Å².